The molecule has 0 spiro atoms. The van der Waals surface area contributed by atoms with Gasteiger partial charge < -0.3 is 5.32 Å². The molecule has 0 heterocycles. The van der Waals surface area contributed by atoms with Gasteiger partial charge in [-0.3, -0.25) is 0 Å². The maximum absolute atomic E-state index is 13.1. The van der Waals surface area contributed by atoms with Crippen LogP contribution in [0.2, 0.25) is 0 Å². The van der Waals surface area contributed by atoms with E-state index in [1.165, 1.54) is 44.2 Å². The highest BCUT2D eigenvalue weighted by Gasteiger charge is 2.34. The van der Waals surface area contributed by atoms with Crippen LogP contribution in [-0.4, -0.2) is 7.05 Å². The van der Waals surface area contributed by atoms with Gasteiger partial charge in [-0.2, -0.15) is 13.2 Å². The fraction of sp³-hybridized carbons (Fsp3) is 0.647. The van der Waals surface area contributed by atoms with Crippen LogP contribution in [0.15, 0.2) is 24.3 Å². The number of nitrogens with one attached hydrogen (secondary N) is 1. The van der Waals surface area contributed by atoms with E-state index in [0.29, 0.717) is 11.5 Å². The Morgan fingerprint density at radius 3 is 2.43 bits per heavy atom. The van der Waals surface area contributed by atoms with Gasteiger partial charge in [-0.1, -0.05) is 50.3 Å². The van der Waals surface area contributed by atoms with Gasteiger partial charge in [-0.15, -0.1) is 0 Å². The molecular weight excluding hydrogens is 275 g/mol. The van der Waals surface area contributed by atoms with Crippen LogP contribution in [-0.2, 0) is 6.18 Å². The third kappa shape index (κ3) is 4.47. The van der Waals surface area contributed by atoms with Crippen LogP contribution in [0.5, 0.6) is 0 Å². The predicted molar refractivity (Wildman–Crippen MR) is 79.1 cm³/mol. The summed E-state index contributed by atoms with van der Waals surface area (Å²) in [5.74, 6) is 0.688. The first kappa shape index (κ1) is 16.3. The largest absolute Gasteiger partial charge is 0.416 e. The van der Waals surface area contributed by atoms with E-state index in [-0.39, 0.29) is 6.04 Å². The van der Waals surface area contributed by atoms with E-state index in [2.05, 4.69) is 5.32 Å². The quantitative estimate of drug-likeness (QED) is 0.775. The smallest absolute Gasteiger partial charge is 0.313 e. The molecule has 1 fully saturated rings. The first-order valence-electron chi connectivity index (χ1n) is 7.85. The summed E-state index contributed by atoms with van der Waals surface area (Å²) in [6, 6.07) is 5.71. The highest BCUT2D eigenvalue weighted by atomic mass is 19.4. The molecule has 0 saturated heterocycles. The molecule has 1 aromatic carbocycles. The molecule has 1 aliphatic rings. The maximum atomic E-state index is 13.1. The predicted octanol–water partition coefficient (Wildman–Crippen LogP) is 5.33. The average Bonchev–Trinajstić information content (AvgIpc) is 2.48. The van der Waals surface area contributed by atoms with Gasteiger partial charge in [0.15, 0.2) is 0 Å². The summed E-state index contributed by atoms with van der Waals surface area (Å²) in [6.45, 7) is 0. The fourth-order valence-electron chi connectivity index (χ4n) is 3.39. The maximum Gasteiger partial charge on any atom is 0.416 e. The van der Waals surface area contributed by atoms with Gasteiger partial charge >= 0.3 is 6.18 Å². The van der Waals surface area contributed by atoms with E-state index in [1.807, 2.05) is 0 Å². The minimum Gasteiger partial charge on any atom is -0.313 e. The van der Waals surface area contributed by atoms with Gasteiger partial charge in [0.05, 0.1) is 5.56 Å². The molecule has 118 valence electrons. The Morgan fingerprint density at radius 2 is 1.81 bits per heavy atom. The molecule has 1 aromatic rings. The number of benzene rings is 1. The third-order valence-electron chi connectivity index (χ3n) is 4.58. The molecule has 0 aliphatic heterocycles. The van der Waals surface area contributed by atoms with Crippen molar-refractivity contribution in [2.24, 2.45) is 5.92 Å². The molecule has 0 amide bonds. The van der Waals surface area contributed by atoms with Crippen molar-refractivity contribution >= 4 is 0 Å². The Morgan fingerprint density at radius 1 is 1.14 bits per heavy atom. The molecule has 1 aliphatic carbocycles. The molecule has 1 nitrogen and oxygen atoms in total. The summed E-state index contributed by atoms with van der Waals surface area (Å²) < 4.78 is 39.3. The number of rotatable bonds is 5. The minimum atomic E-state index is -4.28. The lowest BCUT2D eigenvalue weighted by Crippen LogP contribution is -2.22. The standard InChI is InChI=1S/C17H24F3N/c1-21-16(12-11-13-7-3-2-4-8-13)14-9-5-6-10-15(14)17(18,19)20/h5-6,9-10,13,16,21H,2-4,7-8,11-12H2,1H3. The summed E-state index contributed by atoms with van der Waals surface area (Å²) in [5, 5.41) is 3.07. The van der Waals surface area contributed by atoms with Crippen molar-refractivity contribution in [3.05, 3.63) is 35.4 Å². The van der Waals surface area contributed by atoms with E-state index >= 15 is 0 Å². The number of halogens is 3. The average molecular weight is 299 g/mol. The molecule has 21 heavy (non-hydrogen) atoms. The first-order valence-corrected chi connectivity index (χ1v) is 7.85. The lowest BCUT2D eigenvalue weighted by molar-refractivity contribution is -0.138. The van der Waals surface area contributed by atoms with Crippen LogP contribution in [0.1, 0.15) is 62.1 Å². The second kappa shape index (κ2) is 7.30. The zero-order valence-electron chi connectivity index (χ0n) is 12.5. The molecule has 0 radical (unpaired) electrons. The Bertz CT molecular complexity index is 436. The Labute approximate surface area is 124 Å². The summed E-state index contributed by atoms with van der Waals surface area (Å²) in [6.07, 6.45) is 3.82. The normalized spacial score (nSPS) is 18.7. The topological polar surface area (TPSA) is 12.0 Å². The molecule has 0 aromatic heterocycles. The van der Waals surface area contributed by atoms with Crippen molar-refractivity contribution in [2.75, 3.05) is 7.05 Å². The van der Waals surface area contributed by atoms with Crippen molar-refractivity contribution in [3.63, 3.8) is 0 Å². The van der Waals surface area contributed by atoms with Crippen LogP contribution < -0.4 is 5.32 Å². The summed E-state index contributed by atoms with van der Waals surface area (Å²) >= 11 is 0. The molecule has 0 bridgehead atoms. The number of alkyl halides is 3. The number of hydrogen-bond acceptors (Lipinski definition) is 1. The van der Waals surface area contributed by atoms with Gasteiger partial charge in [0.1, 0.15) is 0 Å². The van der Waals surface area contributed by atoms with E-state index < -0.39 is 11.7 Å². The van der Waals surface area contributed by atoms with Crippen molar-refractivity contribution < 1.29 is 13.2 Å². The van der Waals surface area contributed by atoms with Crippen molar-refractivity contribution in [2.45, 2.75) is 57.2 Å². The van der Waals surface area contributed by atoms with Crippen LogP contribution >= 0.6 is 0 Å². The zero-order chi connectivity index (χ0) is 15.3. The molecule has 4 heteroatoms. The van der Waals surface area contributed by atoms with Crippen LogP contribution in [0.4, 0.5) is 13.2 Å². The first-order chi connectivity index (χ1) is 10.0. The van der Waals surface area contributed by atoms with Crippen molar-refractivity contribution in [3.8, 4) is 0 Å². The molecule has 1 saturated carbocycles. The fourth-order valence-corrected chi connectivity index (χ4v) is 3.39. The van der Waals surface area contributed by atoms with E-state index in [9.17, 15) is 13.2 Å². The lowest BCUT2D eigenvalue weighted by Gasteiger charge is -2.26. The second-order valence-electron chi connectivity index (χ2n) is 6.01. The highest BCUT2D eigenvalue weighted by molar-refractivity contribution is 5.32. The molecule has 1 unspecified atom stereocenters. The zero-order valence-corrected chi connectivity index (χ0v) is 12.5. The lowest BCUT2D eigenvalue weighted by atomic mass is 9.84. The summed E-state index contributed by atoms with van der Waals surface area (Å²) in [4.78, 5) is 0. The SMILES string of the molecule is CNC(CCC1CCCCC1)c1ccccc1C(F)(F)F. The van der Waals surface area contributed by atoms with E-state index in [1.54, 1.807) is 19.2 Å². The molecule has 1 N–H and O–H groups in total. The van der Waals surface area contributed by atoms with E-state index in [4.69, 9.17) is 0 Å². The molecule has 1 atom stereocenters. The third-order valence-corrected chi connectivity index (χ3v) is 4.58. The minimum absolute atomic E-state index is 0.218. The van der Waals surface area contributed by atoms with Crippen LogP contribution in [0, 0.1) is 5.92 Å². The van der Waals surface area contributed by atoms with Gasteiger partial charge in [0, 0.05) is 6.04 Å². The molecule has 2 rings (SSSR count). The highest BCUT2D eigenvalue weighted by Crippen LogP contribution is 2.37. The van der Waals surface area contributed by atoms with Gasteiger partial charge in [-0.25, -0.2) is 0 Å². The molecular formula is C17H24F3N. The monoisotopic (exact) mass is 299 g/mol. The van der Waals surface area contributed by atoms with E-state index in [0.717, 1.165) is 12.8 Å². The van der Waals surface area contributed by atoms with Gasteiger partial charge in [-0.05, 0) is 37.4 Å². The van der Waals surface area contributed by atoms with Gasteiger partial charge in [0.2, 0.25) is 0 Å². The Hall–Kier alpha value is -1.03. The van der Waals surface area contributed by atoms with Gasteiger partial charge in [0.25, 0.3) is 0 Å². The van der Waals surface area contributed by atoms with Crippen LogP contribution in [0.25, 0.3) is 0 Å². The summed E-state index contributed by atoms with van der Waals surface area (Å²) in [5.41, 5.74) is -0.128. The Kier molecular flexibility index (Phi) is 5.68. The van der Waals surface area contributed by atoms with Crippen molar-refractivity contribution in [1.29, 1.82) is 0 Å². The van der Waals surface area contributed by atoms with Crippen LogP contribution in [0.3, 0.4) is 0 Å². The summed E-state index contributed by atoms with van der Waals surface area (Å²) in [7, 11) is 1.75. The van der Waals surface area contributed by atoms with Crippen molar-refractivity contribution in [1.82, 2.24) is 5.32 Å². The second-order valence-corrected chi connectivity index (χ2v) is 6.01. The number of hydrogen-bond donors (Lipinski definition) is 1. The Balaban J connectivity index is 2.06.